The zero-order chi connectivity index (χ0) is 28.1. The fourth-order valence-corrected chi connectivity index (χ4v) is 6.03. The van der Waals surface area contributed by atoms with E-state index in [1.165, 1.54) is 22.5 Å². The van der Waals surface area contributed by atoms with Crippen molar-refractivity contribution in [1.29, 1.82) is 0 Å². The first-order valence-corrected chi connectivity index (χ1v) is 14.8. The number of nitrogens with two attached hydrogens (primary N) is 1. The van der Waals surface area contributed by atoms with Gasteiger partial charge in [-0.2, -0.15) is 0 Å². The van der Waals surface area contributed by atoms with E-state index < -0.39 is 34.2 Å². The SMILES string of the molecule is CS(=O)(=O)N(Cc1cc(F)c(Br)c(CO)c1)c1cc2oc(Cc3ccc(F)cc3)c(C(N)=O)c2cc1C1CC1. The highest BCUT2D eigenvalue weighted by atomic mass is 79.9. The molecule has 204 valence electrons. The maximum Gasteiger partial charge on any atom is 0.252 e. The minimum absolute atomic E-state index is 0.0690. The molecule has 1 heterocycles. The van der Waals surface area contributed by atoms with E-state index in [0.717, 1.165) is 19.1 Å². The Bertz CT molecular complexity index is 1700. The third-order valence-electron chi connectivity index (χ3n) is 6.78. The van der Waals surface area contributed by atoms with E-state index in [2.05, 4.69) is 15.9 Å². The van der Waals surface area contributed by atoms with Crippen LogP contribution in [0.1, 0.15) is 57.1 Å². The minimum atomic E-state index is -3.86. The maximum atomic E-state index is 14.5. The molecular formula is C28H25BrF2N2O5S. The summed E-state index contributed by atoms with van der Waals surface area (Å²) in [4.78, 5) is 12.5. The fourth-order valence-electron chi connectivity index (χ4n) is 4.78. The smallest absolute Gasteiger partial charge is 0.252 e. The maximum absolute atomic E-state index is 14.5. The molecule has 1 fully saturated rings. The summed E-state index contributed by atoms with van der Waals surface area (Å²) in [5.74, 6) is -1.35. The van der Waals surface area contributed by atoms with Gasteiger partial charge in [-0.3, -0.25) is 9.10 Å². The highest BCUT2D eigenvalue weighted by molar-refractivity contribution is 9.10. The van der Waals surface area contributed by atoms with Gasteiger partial charge in [0.25, 0.3) is 5.91 Å². The van der Waals surface area contributed by atoms with Crippen LogP contribution in [0.2, 0.25) is 0 Å². The molecule has 4 aromatic rings. The number of carbonyl (C=O) groups excluding carboxylic acids is 1. The summed E-state index contributed by atoms with van der Waals surface area (Å²) >= 11 is 3.10. The number of halogens is 3. The normalized spacial score (nSPS) is 13.7. The van der Waals surface area contributed by atoms with Crippen LogP contribution < -0.4 is 10.0 Å². The van der Waals surface area contributed by atoms with Crippen molar-refractivity contribution in [3.05, 3.63) is 98.2 Å². The Hall–Kier alpha value is -3.28. The molecule has 11 heteroatoms. The molecular weight excluding hydrogens is 594 g/mol. The van der Waals surface area contributed by atoms with Gasteiger partial charge < -0.3 is 15.3 Å². The highest BCUT2D eigenvalue weighted by Crippen LogP contribution is 2.47. The van der Waals surface area contributed by atoms with Crippen LogP contribution in [0.25, 0.3) is 11.0 Å². The third kappa shape index (κ3) is 5.57. The number of hydrogen-bond acceptors (Lipinski definition) is 5. The Kier molecular flexibility index (Phi) is 7.25. The minimum Gasteiger partial charge on any atom is -0.460 e. The van der Waals surface area contributed by atoms with Crippen molar-refractivity contribution in [1.82, 2.24) is 0 Å². The largest absolute Gasteiger partial charge is 0.460 e. The molecule has 0 atom stereocenters. The molecule has 1 amide bonds. The second kappa shape index (κ2) is 10.4. The topological polar surface area (TPSA) is 114 Å². The van der Waals surface area contributed by atoms with Gasteiger partial charge in [0.05, 0.1) is 35.1 Å². The number of amides is 1. The summed E-state index contributed by atoms with van der Waals surface area (Å²) in [7, 11) is -3.86. The summed E-state index contributed by atoms with van der Waals surface area (Å²) in [6.45, 7) is -0.615. The zero-order valence-corrected chi connectivity index (χ0v) is 23.3. The monoisotopic (exact) mass is 618 g/mol. The van der Waals surface area contributed by atoms with Gasteiger partial charge in [-0.15, -0.1) is 0 Å². The van der Waals surface area contributed by atoms with Crippen LogP contribution >= 0.6 is 15.9 Å². The summed E-state index contributed by atoms with van der Waals surface area (Å²) in [5, 5.41) is 10.1. The molecule has 0 bridgehead atoms. The van der Waals surface area contributed by atoms with Gasteiger partial charge in [-0.1, -0.05) is 18.2 Å². The number of primary amides is 1. The number of benzene rings is 3. The Morgan fingerprint density at radius 1 is 1.13 bits per heavy atom. The number of hydrogen-bond donors (Lipinski definition) is 2. The molecule has 1 aliphatic carbocycles. The second-order valence-electron chi connectivity index (χ2n) is 9.73. The molecule has 0 unspecified atom stereocenters. The van der Waals surface area contributed by atoms with E-state index in [1.54, 1.807) is 30.3 Å². The lowest BCUT2D eigenvalue weighted by Crippen LogP contribution is -2.30. The molecule has 3 aromatic carbocycles. The molecule has 5 rings (SSSR count). The average Bonchev–Trinajstić information content (AvgIpc) is 3.65. The predicted octanol–water partition coefficient (Wildman–Crippen LogP) is 5.50. The fraction of sp³-hybridized carbons (Fsp3) is 0.250. The van der Waals surface area contributed by atoms with Crippen LogP contribution in [-0.2, 0) is 29.6 Å². The van der Waals surface area contributed by atoms with E-state index in [4.69, 9.17) is 10.2 Å². The van der Waals surface area contributed by atoms with Crippen LogP contribution in [0.3, 0.4) is 0 Å². The van der Waals surface area contributed by atoms with Gasteiger partial charge >= 0.3 is 0 Å². The van der Waals surface area contributed by atoms with Gasteiger partial charge in [0, 0.05) is 17.9 Å². The first kappa shape index (κ1) is 27.3. The summed E-state index contributed by atoms with van der Waals surface area (Å²) < 4.78 is 61.4. The molecule has 1 aromatic heterocycles. The Morgan fingerprint density at radius 3 is 2.41 bits per heavy atom. The molecule has 0 spiro atoms. The van der Waals surface area contributed by atoms with Gasteiger partial charge in [0.15, 0.2) is 0 Å². The first-order chi connectivity index (χ1) is 18.5. The lowest BCUT2D eigenvalue weighted by molar-refractivity contribution is 0.1000. The van der Waals surface area contributed by atoms with Crippen molar-refractivity contribution in [2.45, 2.75) is 38.3 Å². The van der Waals surface area contributed by atoms with E-state index in [1.807, 2.05) is 0 Å². The van der Waals surface area contributed by atoms with Crippen LogP contribution in [0.15, 0.2) is 57.4 Å². The molecule has 0 radical (unpaired) electrons. The molecule has 0 aliphatic heterocycles. The molecule has 1 saturated carbocycles. The average molecular weight is 619 g/mol. The number of sulfonamides is 1. The number of aliphatic hydroxyl groups excluding tert-OH is 1. The number of anilines is 1. The lowest BCUT2D eigenvalue weighted by atomic mass is 10.0. The zero-order valence-electron chi connectivity index (χ0n) is 20.9. The highest BCUT2D eigenvalue weighted by Gasteiger charge is 2.33. The summed E-state index contributed by atoms with van der Waals surface area (Å²) in [6, 6.07) is 11.9. The summed E-state index contributed by atoms with van der Waals surface area (Å²) in [5.41, 5.74) is 8.62. The molecule has 3 N–H and O–H groups in total. The Labute approximate surface area is 232 Å². The molecule has 1 aliphatic rings. The molecule has 0 saturated heterocycles. The van der Waals surface area contributed by atoms with E-state index in [0.29, 0.717) is 33.3 Å². The number of fused-ring (bicyclic) bond motifs is 1. The standard InChI is InChI=1S/C28H25BrF2N2O5S/c1-39(36,37)33(13-16-8-18(14-34)27(29)22(31)9-16)23-12-24-21(11-20(23)17-4-5-17)26(28(32)35)25(38-24)10-15-2-6-19(30)7-3-15/h2-3,6-9,11-12,17,34H,4-5,10,13-14H2,1H3,(H2,32,35). The second-order valence-corrected chi connectivity index (χ2v) is 12.4. The predicted molar refractivity (Wildman–Crippen MR) is 147 cm³/mol. The number of furan rings is 1. The van der Waals surface area contributed by atoms with Crippen molar-refractivity contribution in [2.24, 2.45) is 5.73 Å². The van der Waals surface area contributed by atoms with Gasteiger partial charge in [0.1, 0.15) is 23.0 Å². The van der Waals surface area contributed by atoms with E-state index >= 15 is 0 Å². The van der Waals surface area contributed by atoms with Gasteiger partial charge in [-0.25, -0.2) is 17.2 Å². The van der Waals surface area contributed by atoms with E-state index in [9.17, 15) is 27.1 Å². The van der Waals surface area contributed by atoms with Crippen LogP contribution in [0.4, 0.5) is 14.5 Å². The first-order valence-electron chi connectivity index (χ1n) is 12.1. The quantitative estimate of drug-likeness (QED) is 0.257. The van der Waals surface area contributed by atoms with Crippen molar-refractivity contribution in [3.8, 4) is 0 Å². The number of aliphatic hydroxyl groups is 1. The lowest BCUT2D eigenvalue weighted by Gasteiger charge is -2.25. The number of rotatable bonds is 9. The number of carbonyl (C=O) groups is 1. The van der Waals surface area contributed by atoms with Crippen molar-refractivity contribution < 1.29 is 31.5 Å². The number of nitrogens with zero attached hydrogens (tertiary/aromatic N) is 1. The third-order valence-corrected chi connectivity index (χ3v) is 8.80. The van der Waals surface area contributed by atoms with Crippen LogP contribution in [0.5, 0.6) is 0 Å². The van der Waals surface area contributed by atoms with Crippen molar-refractivity contribution in [2.75, 3.05) is 10.6 Å². The van der Waals surface area contributed by atoms with Gasteiger partial charge in [-0.05, 0) is 81.2 Å². The van der Waals surface area contributed by atoms with E-state index in [-0.39, 0.29) is 40.3 Å². The van der Waals surface area contributed by atoms with Gasteiger partial charge in [0.2, 0.25) is 10.0 Å². The Balaban J connectivity index is 1.65. The summed E-state index contributed by atoms with van der Waals surface area (Å²) in [6.07, 6.45) is 2.92. The molecule has 7 nitrogen and oxygen atoms in total. The molecule has 39 heavy (non-hydrogen) atoms. The van der Waals surface area contributed by atoms with Crippen LogP contribution in [0, 0.1) is 11.6 Å². The Morgan fingerprint density at radius 2 is 1.82 bits per heavy atom. The van der Waals surface area contributed by atoms with Crippen LogP contribution in [-0.4, -0.2) is 25.7 Å². The van der Waals surface area contributed by atoms with Crippen molar-refractivity contribution in [3.63, 3.8) is 0 Å². The van der Waals surface area contributed by atoms with Crippen molar-refractivity contribution >= 4 is 48.5 Å².